The van der Waals surface area contributed by atoms with E-state index in [1.54, 1.807) is 7.05 Å². The van der Waals surface area contributed by atoms with Crippen LogP contribution in [-0.4, -0.2) is 70.3 Å². The Kier molecular flexibility index (Phi) is 5.15. The zero-order valence-electron chi connectivity index (χ0n) is 14.6. The molecule has 3 N–H and O–H groups in total. The molecule has 25 heavy (non-hydrogen) atoms. The SMILES string of the molecule is CCc1nc2n(n1)CC(NC(=NC)NCCN1C(=O)CNC1=O)CC2. The van der Waals surface area contributed by atoms with Gasteiger partial charge in [-0.05, 0) is 6.42 Å². The Morgan fingerprint density at radius 1 is 1.44 bits per heavy atom. The second-order valence-electron chi connectivity index (χ2n) is 6.06. The molecule has 0 radical (unpaired) electrons. The fourth-order valence-corrected chi connectivity index (χ4v) is 2.98. The van der Waals surface area contributed by atoms with Crippen LogP contribution in [0.1, 0.15) is 25.0 Å². The van der Waals surface area contributed by atoms with Crippen LogP contribution in [-0.2, 0) is 24.2 Å². The molecule has 1 atom stereocenters. The molecule has 0 spiro atoms. The molecule has 3 heterocycles. The number of carbonyl (C=O) groups excluding carboxylic acids is 2. The van der Waals surface area contributed by atoms with Crippen LogP contribution in [0.3, 0.4) is 0 Å². The van der Waals surface area contributed by atoms with Crippen molar-refractivity contribution in [3.8, 4) is 0 Å². The number of hydrogen-bond acceptors (Lipinski definition) is 5. The van der Waals surface area contributed by atoms with Crippen molar-refractivity contribution in [1.29, 1.82) is 0 Å². The molecule has 1 fully saturated rings. The lowest BCUT2D eigenvalue weighted by molar-refractivity contribution is -0.124. The molecule has 1 unspecified atom stereocenters. The number of hydrogen-bond donors (Lipinski definition) is 3. The number of aryl methyl sites for hydroxylation is 2. The Morgan fingerprint density at radius 3 is 2.96 bits per heavy atom. The topological polar surface area (TPSA) is 117 Å². The number of nitrogens with one attached hydrogen (secondary N) is 3. The predicted octanol–water partition coefficient (Wildman–Crippen LogP) is -1.13. The van der Waals surface area contributed by atoms with E-state index in [0.717, 1.165) is 37.5 Å². The van der Waals surface area contributed by atoms with Gasteiger partial charge < -0.3 is 16.0 Å². The van der Waals surface area contributed by atoms with E-state index in [1.807, 2.05) is 11.6 Å². The van der Waals surface area contributed by atoms with Gasteiger partial charge in [-0.1, -0.05) is 6.92 Å². The third-order valence-corrected chi connectivity index (χ3v) is 4.35. The van der Waals surface area contributed by atoms with Gasteiger partial charge in [-0.3, -0.25) is 14.7 Å². The third-order valence-electron chi connectivity index (χ3n) is 4.35. The van der Waals surface area contributed by atoms with Crippen molar-refractivity contribution < 1.29 is 9.59 Å². The minimum absolute atomic E-state index is 0.0773. The zero-order chi connectivity index (χ0) is 17.8. The summed E-state index contributed by atoms with van der Waals surface area (Å²) in [4.78, 5) is 33.0. The van der Waals surface area contributed by atoms with Gasteiger partial charge in [0.25, 0.3) is 0 Å². The average Bonchev–Trinajstić information content (AvgIpc) is 3.17. The maximum absolute atomic E-state index is 11.5. The Labute approximate surface area is 146 Å². The summed E-state index contributed by atoms with van der Waals surface area (Å²) in [7, 11) is 1.70. The van der Waals surface area contributed by atoms with E-state index in [1.165, 1.54) is 4.90 Å². The molecule has 0 aliphatic carbocycles. The molecule has 10 nitrogen and oxygen atoms in total. The van der Waals surface area contributed by atoms with Gasteiger partial charge in [-0.2, -0.15) is 5.10 Å². The molecular formula is C15H24N8O2. The maximum Gasteiger partial charge on any atom is 0.324 e. The minimum atomic E-state index is -0.340. The summed E-state index contributed by atoms with van der Waals surface area (Å²) in [6.07, 6.45) is 2.67. The molecule has 2 aliphatic heterocycles. The smallest absolute Gasteiger partial charge is 0.324 e. The van der Waals surface area contributed by atoms with Crippen molar-refractivity contribution in [2.75, 3.05) is 26.7 Å². The molecule has 2 aliphatic rings. The van der Waals surface area contributed by atoms with Gasteiger partial charge in [0, 0.05) is 39.0 Å². The van der Waals surface area contributed by atoms with Gasteiger partial charge in [-0.15, -0.1) is 0 Å². The van der Waals surface area contributed by atoms with Gasteiger partial charge in [0.05, 0.1) is 13.1 Å². The Morgan fingerprint density at radius 2 is 2.28 bits per heavy atom. The van der Waals surface area contributed by atoms with E-state index in [0.29, 0.717) is 19.0 Å². The van der Waals surface area contributed by atoms with Crippen molar-refractivity contribution in [2.45, 2.75) is 38.8 Å². The molecule has 136 valence electrons. The van der Waals surface area contributed by atoms with Crippen molar-refractivity contribution in [2.24, 2.45) is 4.99 Å². The normalized spacial score (nSPS) is 20.5. The number of aliphatic imine (C=N–C) groups is 1. The second-order valence-corrected chi connectivity index (χ2v) is 6.06. The van der Waals surface area contributed by atoms with Crippen molar-refractivity contribution in [3.63, 3.8) is 0 Å². The highest BCUT2D eigenvalue weighted by Crippen LogP contribution is 2.13. The standard InChI is InChI=1S/C15H24N8O2/c1-3-11-20-12-5-4-10(9-23(12)21-11)19-14(16-2)17-6-7-22-13(24)8-18-15(22)25/h10H,3-9H2,1-2H3,(H,18,25)(H2,16,17,19). The van der Waals surface area contributed by atoms with Gasteiger partial charge in [0.15, 0.2) is 11.8 Å². The lowest BCUT2D eigenvalue weighted by Crippen LogP contribution is -2.49. The van der Waals surface area contributed by atoms with Crippen LogP contribution in [0.5, 0.6) is 0 Å². The Balaban J connectivity index is 1.48. The van der Waals surface area contributed by atoms with E-state index < -0.39 is 0 Å². The van der Waals surface area contributed by atoms with Crippen molar-refractivity contribution in [3.05, 3.63) is 11.6 Å². The lowest BCUT2D eigenvalue weighted by atomic mass is 10.1. The zero-order valence-corrected chi connectivity index (χ0v) is 14.6. The highest BCUT2D eigenvalue weighted by atomic mass is 16.2. The summed E-state index contributed by atoms with van der Waals surface area (Å²) < 4.78 is 1.96. The molecule has 1 aromatic rings. The fraction of sp³-hybridized carbons (Fsp3) is 0.667. The van der Waals surface area contributed by atoms with E-state index in [-0.39, 0.29) is 24.5 Å². The largest absolute Gasteiger partial charge is 0.355 e. The summed E-state index contributed by atoms with van der Waals surface area (Å²) in [5.41, 5.74) is 0. The number of rotatable bonds is 5. The minimum Gasteiger partial charge on any atom is -0.355 e. The number of fused-ring (bicyclic) bond motifs is 1. The average molecular weight is 348 g/mol. The first-order valence-corrected chi connectivity index (χ1v) is 8.58. The number of urea groups is 1. The van der Waals surface area contributed by atoms with Gasteiger partial charge in [-0.25, -0.2) is 14.5 Å². The van der Waals surface area contributed by atoms with Crippen LogP contribution in [0.25, 0.3) is 0 Å². The maximum atomic E-state index is 11.5. The van der Waals surface area contributed by atoms with E-state index in [9.17, 15) is 9.59 Å². The summed E-state index contributed by atoms with van der Waals surface area (Å²) in [6, 6.07) is -0.130. The first-order valence-electron chi connectivity index (χ1n) is 8.58. The molecule has 1 saturated heterocycles. The lowest BCUT2D eigenvalue weighted by Gasteiger charge is -2.25. The summed E-state index contributed by atoms with van der Waals surface area (Å²) in [5, 5.41) is 13.5. The highest BCUT2D eigenvalue weighted by molar-refractivity contribution is 6.01. The number of carbonyl (C=O) groups is 2. The predicted molar refractivity (Wildman–Crippen MR) is 91.1 cm³/mol. The number of aromatic nitrogens is 3. The van der Waals surface area contributed by atoms with Gasteiger partial charge >= 0.3 is 6.03 Å². The second kappa shape index (κ2) is 7.49. The number of amides is 3. The molecule has 3 rings (SSSR count). The number of imide groups is 1. The summed E-state index contributed by atoms with van der Waals surface area (Å²) >= 11 is 0. The Bertz CT molecular complexity index is 667. The molecule has 3 amide bonds. The molecular weight excluding hydrogens is 324 g/mol. The number of guanidine groups is 1. The fourth-order valence-electron chi connectivity index (χ4n) is 2.98. The highest BCUT2D eigenvalue weighted by Gasteiger charge is 2.28. The third kappa shape index (κ3) is 3.89. The molecule has 0 saturated carbocycles. The quantitative estimate of drug-likeness (QED) is 0.352. The van der Waals surface area contributed by atoms with Crippen LogP contribution in [0.15, 0.2) is 4.99 Å². The van der Waals surface area contributed by atoms with Crippen LogP contribution in [0, 0.1) is 0 Å². The van der Waals surface area contributed by atoms with Gasteiger partial charge in [0.2, 0.25) is 5.91 Å². The van der Waals surface area contributed by atoms with Crippen molar-refractivity contribution in [1.82, 2.24) is 35.6 Å². The van der Waals surface area contributed by atoms with Crippen LogP contribution >= 0.6 is 0 Å². The van der Waals surface area contributed by atoms with Crippen LogP contribution in [0.4, 0.5) is 4.79 Å². The number of nitrogens with zero attached hydrogens (tertiary/aromatic N) is 5. The monoisotopic (exact) mass is 348 g/mol. The van der Waals surface area contributed by atoms with E-state index >= 15 is 0 Å². The van der Waals surface area contributed by atoms with Gasteiger partial charge in [0.1, 0.15) is 5.82 Å². The van der Waals surface area contributed by atoms with E-state index in [2.05, 4.69) is 31.0 Å². The van der Waals surface area contributed by atoms with Crippen molar-refractivity contribution >= 4 is 17.9 Å². The van der Waals surface area contributed by atoms with E-state index in [4.69, 9.17) is 0 Å². The molecule has 10 heteroatoms. The van der Waals surface area contributed by atoms with Crippen LogP contribution in [0.2, 0.25) is 0 Å². The first-order chi connectivity index (χ1) is 12.1. The Hall–Kier alpha value is -2.65. The first kappa shape index (κ1) is 17.2. The molecule has 0 aromatic carbocycles. The summed E-state index contributed by atoms with van der Waals surface area (Å²) in [6.45, 7) is 3.63. The molecule has 1 aromatic heterocycles. The summed E-state index contributed by atoms with van der Waals surface area (Å²) in [5.74, 6) is 2.37. The van der Waals surface area contributed by atoms with Crippen LogP contribution < -0.4 is 16.0 Å². The molecule has 0 bridgehead atoms.